The molecule has 0 rings (SSSR count). The summed E-state index contributed by atoms with van der Waals surface area (Å²) < 4.78 is 0. The van der Waals surface area contributed by atoms with Crippen molar-refractivity contribution in [3.05, 3.63) is 6.57 Å². The Balaban J connectivity index is 0. The van der Waals surface area contributed by atoms with Gasteiger partial charge in [0.25, 0.3) is 0 Å². The zero-order valence-corrected chi connectivity index (χ0v) is 7.29. The minimum atomic E-state index is 0.685. The van der Waals surface area contributed by atoms with E-state index in [4.69, 9.17) is 11.8 Å². The highest BCUT2D eigenvalue weighted by Crippen LogP contribution is 1.91. The fourth-order valence-electron chi connectivity index (χ4n) is 0.433. The Morgan fingerprint density at radius 2 is 1.78 bits per heavy atom. The van der Waals surface area contributed by atoms with Crippen LogP contribution in [0.2, 0.25) is 0 Å². The lowest BCUT2D eigenvalue weighted by atomic mass is 10.4. The number of rotatable bonds is 3. The molecule has 0 saturated heterocycles. The Labute approximate surface area is 61.4 Å². The quantitative estimate of drug-likeness (QED) is 0.438. The van der Waals surface area contributed by atoms with Gasteiger partial charge in [-0.2, -0.15) is 0 Å². The van der Waals surface area contributed by atoms with E-state index in [9.17, 15) is 0 Å². The molecule has 9 heavy (non-hydrogen) atoms. The number of hydrogen-bond acceptors (Lipinski definition) is 1. The van der Waals surface area contributed by atoms with Crippen molar-refractivity contribution in [2.45, 2.75) is 19.8 Å². The third-order valence-electron chi connectivity index (χ3n) is 0.906. The summed E-state index contributed by atoms with van der Waals surface area (Å²) in [4.78, 5) is 0. The summed E-state index contributed by atoms with van der Waals surface area (Å²) >= 11 is 0. The standard InChI is InChI=1S/C6H15S.CN/c1-4-5-6-7(2)3;1-2/h4-6H2,1-3H3;/q+1;-1. The molecule has 0 aromatic carbocycles. The molecule has 54 valence electrons. The Morgan fingerprint density at radius 1 is 1.33 bits per heavy atom. The third-order valence-corrected chi connectivity index (χ3v) is 2.01. The van der Waals surface area contributed by atoms with Gasteiger partial charge in [-0.25, -0.2) is 0 Å². The van der Waals surface area contributed by atoms with Crippen LogP contribution in [-0.2, 0) is 10.9 Å². The molecule has 1 nitrogen and oxygen atoms in total. The average molecular weight is 145 g/mol. The van der Waals surface area contributed by atoms with Crippen molar-refractivity contribution in [1.82, 2.24) is 0 Å². The summed E-state index contributed by atoms with van der Waals surface area (Å²) in [6.45, 7) is 6.99. The predicted molar refractivity (Wildman–Crippen MR) is 44.0 cm³/mol. The van der Waals surface area contributed by atoms with Crippen molar-refractivity contribution in [3.8, 4) is 0 Å². The van der Waals surface area contributed by atoms with Crippen LogP contribution in [0, 0.1) is 11.8 Å². The van der Waals surface area contributed by atoms with Gasteiger partial charge in [-0.05, 0) is 17.3 Å². The minimum Gasteiger partial charge on any atom is -0.512 e. The SMILES string of the molecule is CCCC[S+](C)C.[C-]#N. The monoisotopic (exact) mass is 145 g/mol. The van der Waals surface area contributed by atoms with E-state index in [2.05, 4.69) is 19.4 Å². The van der Waals surface area contributed by atoms with E-state index < -0.39 is 0 Å². The van der Waals surface area contributed by atoms with Gasteiger partial charge in [0.15, 0.2) is 0 Å². The van der Waals surface area contributed by atoms with Crippen LogP contribution in [-0.4, -0.2) is 18.3 Å². The normalized spacial score (nSPS) is 8.22. The van der Waals surface area contributed by atoms with Gasteiger partial charge in [0, 0.05) is 0 Å². The lowest BCUT2D eigenvalue weighted by molar-refractivity contribution is 0.894. The molecule has 0 aliphatic carbocycles. The first-order valence-corrected chi connectivity index (χ1v) is 5.25. The first-order valence-electron chi connectivity index (χ1n) is 3.04. The summed E-state index contributed by atoms with van der Waals surface area (Å²) in [6, 6.07) is 0. The molecule has 0 bridgehead atoms. The van der Waals surface area contributed by atoms with Crippen molar-refractivity contribution < 1.29 is 0 Å². The first-order chi connectivity index (χ1) is 4.27. The molecule has 0 fully saturated rings. The molecule has 0 unspecified atom stereocenters. The Hall–Kier alpha value is -0.160. The molecule has 0 saturated carbocycles. The van der Waals surface area contributed by atoms with Gasteiger partial charge in [-0.15, -0.1) is 0 Å². The van der Waals surface area contributed by atoms with Gasteiger partial charge in [-0.1, -0.05) is 13.3 Å². The maximum atomic E-state index is 6.25. The average Bonchev–Trinajstić information content (AvgIpc) is 1.88. The van der Waals surface area contributed by atoms with Crippen molar-refractivity contribution >= 4 is 10.9 Å². The lowest BCUT2D eigenvalue weighted by Gasteiger charge is -1.90. The van der Waals surface area contributed by atoms with Gasteiger partial charge in [-0.3, -0.25) is 0 Å². The van der Waals surface area contributed by atoms with Gasteiger partial charge in [0.1, 0.15) is 5.75 Å². The van der Waals surface area contributed by atoms with Crippen molar-refractivity contribution in [2.24, 2.45) is 0 Å². The van der Waals surface area contributed by atoms with Crippen LogP contribution in [0.4, 0.5) is 0 Å². The van der Waals surface area contributed by atoms with Gasteiger partial charge in [0.05, 0.1) is 12.5 Å². The minimum absolute atomic E-state index is 0.685. The van der Waals surface area contributed by atoms with Crippen LogP contribution in [0.25, 0.3) is 0 Å². The second kappa shape index (κ2) is 10.8. The van der Waals surface area contributed by atoms with Crippen molar-refractivity contribution in [1.29, 1.82) is 5.26 Å². The number of unbranched alkanes of at least 4 members (excludes halogenated alkanes) is 1. The summed E-state index contributed by atoms with van der Waals surface area (Å²) in [6.07, 6.45) is 7.37. The highest BCUT2D eigenvalue weighted by Gasteiger charge is 1.97. The van der Waals surface area contributed by atoms with E-state index in [0.717, 1.165) is 0 Å². The lowest BCUT2D eigenvalue weighted by Crippen LogP contribution is -1.99. The summed E-state index contributed by atoms with van der Waals surface area (Å²) in [5.74, 6) is 1.43. The van der Waals surface area contributed by atoms with Crippen molar-refractivity contribution in [3.63, 3.8) is 0 Å². The van der Waals surface area contributed by atoms with E-state index in [1.165, 1.54) is 18.6 Å². The largest absolute Gasteiger partial charge is 0.512 e. The first kappa shape index (κ1) is 11.6. The van der Waals surface area contributed by atoms with Gasteiger partial charge < -0.3 is 11.8 Å². The second-order valence-corrected chi connectivity index (χ2v) is 4.42. The molecular weight excluding hydrogens is 130 g/mol. The van der Waals surface area contributed by atoms with Gasteiger partial charge in [0.2, 0.25) is 0 Å². The van der Waals surface area contributed by atoms with E-state index in [1.54, 1.807) is 0 Å². The Bertz CT molecular complexity index is 59.2. The molecule has 0 amide bonds. The van der Waals surface area contributed by atoms with E-state index in [1.807, 2.05) is 0 Å². The molecule has 0 atom stereocenters. The second-order valence-electron chi connectivity index (χ2n) is 2.04. The van der Waals surface area contributed by atoms with Crippen LogP contribution in [0.5, 0.6) is 0 Å². The summed E-state index contributed by atoms with van der Waals surface area (Å²) in [5.41, 5.74) is 0. The molecule has 0 aromatic rings. The zero-order valence-electron chi connectivity index (χ0n) is 6.48. The van der Waals surface area contributed by atoms with Gasteiger partial charge >= 0.3 is 0 Å². The number of hydrogen-bond donors (Lipinski definition) is 0. The maximum Gasteiger partial charge on any atom is 0.107 e. The number of nitrogens with zero attached hydrogens (tertiary/aromatic N) is 1. The molecule has 2 heteroatoms. The van der Waals surface area contributed by atoms with E-state index in [-0.39, 0.29) is 0 Å². The molecule has 0 aliphatic heterocycles. The molecule has 0 heterocycles. The predicted octanol–water partition coefficient (Wildman–Crippen LogP) is 1.76. The molecule has 0 spiro atoms. The Kier molecular flexibility index (Phi) is 13.9. The van der Waals surface area contributed by atoms with Crippen LogP contribution in [0.3, 0.4) is 0 Å². The highest BCUT2D eigenvalue weighted by atomic mass is 32.2. The topological polar surface area (TPSA) is 23.8 Å². The van der Waals surface area contributed by atoms with Crippen LogP contribution < -0.4 is 0 Å². The molecular formula is C7H15NS. The van der Waals surface area contributed by atoms with E-state index in [0.29, 0.717) is 10.9 Å². The fourth-order valence-corrected chi connectivity index (χ4v) is 1.30. The Morgan fingerprint density at radius 3 is 1.89 bits per heavy atom. The third kappa shape index (κ3) is 18.1. The molecule has 0 radical (unpaired) electrons. The maximum absolute atomic E-state index is 6.25. The van der Waals surface area contributed by atoms with Crippen LogP contribution in [0.15, 0.2) is 0 Å². The van der Waals surface area contributed by atoms with Crippen LogP contribution >= 0.6 is 0 Å². The van der Waals surface area contributed by atoms with Crippen LogP contribution in [0.1, 0.15) is 19.8 Å². The summed E-state index contributed by atoms with van der Waals surface area (Å²) in [5, 5.41) is 6.25. The smallest absolute Gasteiger partial charge is 0.107 e. The van der Waals surface area contributed by atoms with E-state index >= 15 is 0 Å². The van der Waals surface area contributed by atoms with Crippen molar-refractivity contribution in [2.75, 3.05) is 18.3 Å². The molecule has 0 aliphatic rings. The zero-order chi connectivity index (χ0) is 7.70. The molecule has 0 N–H and O–H groups in total. The highest BCUT2D eigenvalue weighted by molar-refractivity contribution is 7.95. The summed E-state index contributed by atoms with van der Waals surface area (Å²) in [7, 11) is 0.685. The molecule has 0 aromatic heterocycles. The fraction of sp³-hybridized carbons (Fsp3) is 0.857.